The molecule has 10 heteroatoms. The molecule has 1 aromatic heterocycles. The highest BCUT2D eigenvalue weighted by Gasteiger charge is 2.71. The Balaban J connectivity index is 1.84. The monoisotopic (exact) mass is 456 g/mol. The normalized spacial score (nSPS) is 28.3. The molecule has 2 amide bonds. The van der Waals surface area contributed by atoms with Gasteiger partial charge in [-0.25, -0.2) is 0 Å². The molecule has 1 N–H and O–H groups in total. The van der Waals surface area contributed by atoms with Crippen molar-refractivity contribution in [1.29, 1.82) is 0 Å². The molecule has 2 atom stereocenters. The molecule has 0 unspecified atom stereocenters. The van der Waals surface area contributed by atoms with Crippen LogP contribution < -0.4 is 5.32 Å². The topological polar surface area (TPSA) is 75.7 Å². The highest BCUT2D eigenvalue weighted by atomic mass is 32.1. The number of hydrogen-bond donors (Lipinski definition) is 1. The van der Waals surface area contributed by atoms with E-state index in [1.165, 1.54) is 12.1 Å². The Hall–Kier alpha value is -2.20. The molecule has 3 aliphatic rings. The number of halogens is 3. The van der Waals surface area contributed by atoms with E-state index in [0.717, 1.165) is 22.7 Å². The summed E-state index contributed by atoms with van der Waals surface area (Å²) in [5.74, 6) is -3.14. The van der Waals surface area contributed by atoms with E-state index >= 15 is 0 Å². The molecule has 0 aromatic carbocycles. The number of carbonyl (C=O) groups is 3. The van der Waals surface area contributed by atoms with Crippen molar-refractivity contribution in [2.75, 3.05) is 13.2 Å². The van der Waals surface area contributed by atoms with Gasteiger partial charge >= 0.3 is 6.18 Å². The second kappa shape index (κ2) is 7.44. The molecule has 1 aromatic rings. The van der Waals surface area contributed by atoms with Crippen LogP contribution in [0.2, 0.25) is 0 Å². The third-order valence-corrected chi connectivity index (χ3v) is 6.87. The first kappa shape index (κ1) is 22.0. The number of allylic oxidation sites excluding steroid dienone is 1. The summed E-state index contributed by atoms with van der Waals surface area (Å²) in [6.45, 7) is 3.96. The maximum absolute atomic E-state index is 14.6. The molecule has 4 rings (SSSR count). The van der Waals surface area contributed by atoms with Crippen LogP contribution in [-0.2, 0) is 14.3 Å². The van der Waals surface area contributed by atoms with Crippen LogP contribution in [0.4, 0.5) is 13.2 Å². The number of nitrogens with one attached hydrogen (secondary N) is 1. The minimum Gasteiger partial charge on any atom is -0.376 e. The SMILES string of the molecule is CC1(C)CC(=O)C2=C(C1)N(C[C@H]1CCCO1)C(=O)[C@]2(NC(=O)c1cccs1)C(F)(F)F. The van der Waals surface area contributed by atoms with Gasteiger partial charge in [0.15, 0.2) is 5.78 Å². The predicted octanol–water partition coefficient (Wildman–Crippen LogP) is 3.44. The van der Waals surface area contributed by atoms with Crippen molar-refractivity contribution in [3.63, 3.8) is 0 Å². The van der Waals surface area contributed by atoms with E-state index in [2.05, 4.69) is 0 Å². The molecule has 0 spiro atoms. The fourth-order valence-corrected chi connectivity index (χ4v) is 5.27. The Morgan fingerprint density at radius 3 is 2.65 bits per heavy atom. The number of carbonyl (C=O) groups excluding carboxylic acids is 3. The minimum absolute atomic E-state index is 0.0275. The number of amides is 2. The number of ether oxygens (including phenoxy) is 1. The van der Waals surface area contributed by atoms with E-state index in [9.17, 15) is 27.6 Å². The molecule has 31 heavy (non-hydrogen) atoms. The molecule has 1 aliphatic carbocycles. The lowest BCUT2D eigenvalue weighted by atomic mass is 9.72. The van der Waals surface area contributed by atoms with E-state index in [1.807, 2.05) is 5.32 Å². The highest BCUT2D eigenvalue weighted by molar-refractivity contribution is 7.12. The van der Waals surface area contributed by atoms with Crippen molar-refractivity contribution in [3.8, 4) is 0 Å². The van der Waals surface area contributed by atoms with E-state index in [0.29, 0.717) is 13.0 Å². The van der Waals surface area contributed by atoms with Crippen molar-refractivity contribution in [3.05, 3.63) is 33.7 Å². The van der Waals surface area contributed by atoms with Gasteiger partial charge in [-0.3, -0.25) is 14.4 Å². The third-order valence-electron chi connectivity index (χ3n) is 6.00. The van der Waals surface area contributed by atoms with E-state index in [1.54, 1.807) is 19.2 Å². The summed E-state index contributed by atoms with van der Waals surface area (Å²) in [6, 6.07) is 2.90. The Bertz CT molecular complexity index is 948. The quantitative estimate of drug-likeness (QED) is 0.753. The summed E-state index contributed by atoms with van der Waals surface area (Å²) in [5.41, 5.74) is -4.60. The largest absolute Gasteiger partial charge is 0.425 e. The zero-order valence-corrected chi connectivity index (χ0v) is 18.0. The Kier molecular flexibility index (Phi) is 5.28. The number of Topliss-reactive ketones (excluding diaryl/α,β-unsaturated/α-hetero) is 1. The number of rotatable bonds is 4. The van der Waals surface area contributed by atoms with Gasteiger partial charge in [0, 0.05) is 18.7 Å². The molecule has 0 saturated carbocycles. The van der Waals surface area contributed by atoms with Gasteiger partial charge in [-0.15, -0.1) is 11.3 Å². The third kappa shape index (κ3) is 3.59. The fourth-order valence-electron chi connectivity index (χ4n) is 4.65. The summed E-state index contributed by atoms with van der Waals surface area (Å²) in [4.78, 5) is 40.2. The number of alkyl halides is 3. The van der Waals surface area contributed by atoms with Gasteiger partial charge in [-0.1, -0.05) is 19.9 Å². The highest BCUT2D eigenvalue weighted by Crippen LogP contribution is 2.52. The number of ketones is 1. The number of thiophene rings is 1. The van der Waals surface area contributed by atoms with Gasteiger partial charge in [-0.05, 0) is 36.1 Å². The van der Waals surface area contributed by atoms with Crippen LogP contribution in [0, 0.1) is 5.41 Å². The molecular weight excluding hydrogens is 433 g/mol. The van der Waals surface area contributed by atoms with Gasteiger partial charge < -0.3 is 15.0 Å². The van der Waals surface area contributed by atoms with Gasteiger partial charge in [0.25, 0.3) is 11.8 Å². The van der Waals surface area contributed by atoms with E-state index in [4.69, 9.17) is 4.74 Å². The van der Waals surface area contributed by atoms with Crippen LogP contribution in [0.25, 0.3) is 0 Å². The van der Waals surface area contributed by atoms with Crippen LogP contribution in [0.5, 0.6) is 0 Å². The molecule has 1 fully saturated rings. The minimum atomic E-state index is -5.19. The lowest BCUT2D eigenvalue weighted by Crippen LogP contribution is -2.66. The summed E-state index contributed by atoms with van der Waals surface area (Å²) in [6.07, 6.45) is -4.25. The van der Waals surface area contributed by atoms with Crippen molar-refractivity contribution in [2.24, 2.45) is 5.41 Å². The second-order valence-corrected chi connectivity index (χ2v) is 9.94. The maximum Gasteiger partial charge on any atom is 0.425 e. The zero-order valence-electron chi connectivity index (χ0n) is 17.2. The zero-order chi connectivity index (χ0) is 22.6. The molecule has 3 heterocycles. The molecule has 6 nitrogen and oxygen atoms in total. The lowest BCUT2D eigenvalue weighted by molar-refractivity contribution is -0.191. The molecule has 0 radical (unpaired) electrons. The fraction of sp³-hybridized carbons (Fsp3) is 0.571. The molecule has 0 bridgehead atoms. The predicted molar refractivity (Wildman–Crippen MR) is 106 cm³/mol. The van der Waals surface area contributed by atoms with Crippen LogP contribution in [0.1, 0.15) is 49.2 Å². The van der Waals surface area contributed by atoms with Crippen molar-refractivity contribution in [1.82, 2.24) is 10.2 Å². The first-order valence-electron chi connectivity index (χ1n) is 10.1. The van der Waals surface area contributed by atoms with Crippen LogP contribution in [-0.4, -0.2) is 53.5 Å². The second-order valence-electron chi connectivity index (χ2n) is 8.99. The van der Waals surface area contributed by atoms with Crippen molar-refractivity contribution < 1.29 is 32.3 Å². The van der Waals surface area contributed by atoms with E-state index in [-0.39, 0.29) is 30.0 Å². The average molecular weight is 456 g/mol. The summed E-state index contributed by atoms with van der Waals surface area (Å²) in [5, 5.41) is 3.48. The standard InChI is InChI=1S/C21H23F3N2O4S/c1-19(2)9-13-16(14(27)10-19)20(21(22,23)24,25-17(28)15-6-4-8-31-15)18(29)26(13)11-12-5-3-7-30-12/h4,6,8,12H,3,5,7,9-11H2,1-2H3,(H,25,28)/t12-,20+/m1/s1. The lowest BCUT2D eigenvalue weighted by Gasteiger charge is -2.35. The molecule has 2 aliphatic heterocycles. The van der Waals surface area contributed by atoms with Crippen molar-refractivity contribution >= 4 is 28.9 Å². The smallest absolute Gasteiger partial charge is 0.376 e. The average Bonchev–Trinajstić information content (AvgIpc) is 3.38. The van der Waals surface area contributed by atoms with Gasteiger partial charge in [0.1, 0.15) is 0 Å². The van der Waals surface area contributed by atoms with Gasteiger partial charge in [0.2, 0.25) is 5.54 Å². The van der Waals surface area contributed by atoms with Gasteiger partial charge in [-0.2, -0.15) is 13.2 Å². The van der Waals surface area contributed by atoms with E-state index < -0.39 is 46.4 Å². The Morgan fingerprint density at radius 1 is 1.32 bits per heavy atom. The maximum atomic E-state index is 14.6. The molecule has 168 valence electrons. The van der Waals surface area contributed by atoms with Gasteiger partial charge in [0.05, 0.1) is 23.1 Å². The summed E-state index contributed by atoms with van der Waals surface area (Å²) >= 11 is 0.957. The first-order valence-corrected chi connectivity index (χ1v) is 11.0. The van der Waals surface area contributed by atoms with Crippen LogP contribution in [0.15, 0.2) is 28.8 Å². The van der Waals surface area contributed by atoms with Crippen LogP contribution >= 0.6 is 11.3 Å². The number of hydrogen-bond acceptors (Lipinski definition) is 5. The molecular formula is C21H23F3N2O4S. The van der Waals surface area contributed by atoms with Crippen molar-refractivity contribution in [2.45, 2.75) is 57.3 Å². The summed E-state index contributed by atoms with van der Waals surface area (Å²) < 4.78 is 49.4. The first-order chi connectivity index (χ1) is 14.5. The number of nitrogens with zero attached hydrogens (tertiary/aromatic N) is 1. The summed E-state index contributed by atoms with van der Waals surface area (Å²) in [7, 11) is 0. The van der Waals surface area contributed by atoms with Crippen LogP contribution in [0.3, 0.4) is 0 Å². The Morgan fingerprint density at radius 2 is 2.06 bits per heavy atom. The molecule has 1 saturated heterocycles. The Labute approximate surface area is 181 Å².